The highest BCUT2D eigenvalue weighted by Gasteiger charge is 2.29. The molecule has 2 aromatic rings. The van der Waals surface area contributed by atoms with E-state index in [4.69, 9.17) is 9.47 Å². The molecule has 2 aromatic carbocycles. The average Bonchev–Trinajstić information content (AvgIpc) is 2.58. The minimum atomic E-state index is -0.903. The average molecular weight is 308 g/mol. The molecule has 0 radical (unpaired) electrons. The maximum Gasteiger partial charge on any atom is 0.514 e. The summed E-state index contributed by atoms with van der Waals surface area (Å²) in [6, 6.07) is 10.9. The molecule has 0 aromatic heterocycles. The number of fused-ring (bicyclic) bond motifs is 2. The predicted octanol–water partition coefficient (Wildman–Crippen LogP) is 3.16. The van der Waals surface area contributed by atoms with Gasteiger partial charge in [-0.3, -0.25) is 9.59 Å². The summed E-state index contributed by atoms with van der Waals surface area (Å²) in [5, 5.41) is 0. The van der Waals surface area contributed by atoms with Gasteiger partial charge in [0.2, 0.25) is 0 Å². The van der Waals surface area contributed by atoms with Crippen LogP contribution in [0.25, 0.3) is 0 Å². The fraction of sp³-hybridized carbons (Fsp3) is 0.0556. The van der Waals surface area contributed by atoms with Gasteiger partial charge in [-0.05, 0) is 18.2 Å². The number of carbonyl (C=O) groups excluding carboxylic acids is 3. The van der Waals surface area contributed by atoms with Crippen molar-refractivity contribution in [3.05, 3.63) is 77.4 Å². The van der Waals surface area contributed by atoms with E-state index in [0.717, 1.165) is 0 Å². The molecule has 3 rings (SSSR count). The third-order valence-electron chi connectivity index (χ3n) is 3.42. The van der Waals surface area contributed by atoms with Crippen LogP contribution in [0.15, 0.2) is 55.1 Å². The fourth-order valence-electron chi connectivity index (χ4n) is 2.39. The van der Waals surface area contributed by atoms with Crippen molar-refractivity contribution in [3.8, 4) is 5.75 Å². The molecule has 0 saturated carbocycles. The van der Waals surface area contributed by atoms with Gasteiger partial charge < -0.3 is 9.47 Å². The number of hydrogen-bond donors (Lipinski definition) is 0. The van der Waals surface area contributed by atoms with Crippen LogP contribution in [0.5, 0.6) is 5.75 Å². The Kier molecular flexibility index (Phi) is 3.76. The molecule has 0 amide bonds. The number of carbonyl (C=O) groups is 3. The van der Waals surface area contributed by atoms with Gasteiger partial charge in [0.15, 0.2) is 11.6 Å². The van der Waals surface area contributed by atoms with Crippen molar-refractivity contribution >= 4 is 17.7 Å². The molecule has 5 heteroatoms. The second kappa shape index (κ2) is 5.88. The molecule has 1 aliphatic carbocycles. The minimum absolute atomic E-state index is 0.0224. The van der Waals surface area contributed by atoms with Gasteiger partial charge >= 0.3 is 6.16 Å². The lowest BCUT2D eigenvalue weighted by Gasteiger charge is -2.17. The molecule has 0 aliphatic heterocycles. The lowest BCUT2D eigenvalue weighted by Crippen LogP contribution is -2.21. The minimum Gasteiger partial charge on any atom is -0.430 e. The molecule has 0 unspecified atom stereocenters. The second-order valence-electron chi connectivity index (χ2n) is 4.86. The van der Waals surface area contributed by atoms with Gasteiger partial charge in [-0.1, -0.05) is 36.9 Å². The summed E-state index contributed by atoms with van der Waals surface area (Å²) in [4.78, 5) is 36.4. The van der Waals surface area contributed by atoms with Gasteiger partial charge in [0.25, 0.3) is 0 Å². The summed E-state index contributed by atoms with van der Waals surface area (Å²) < 4.78 is 9.69. The summed E-state index contributed by atoms with van der Waals surface area (Å²) in [5.74, 6) is -0.366. The first-order chi connectivity index (χ1) is 11.1. The van der Waals surface area contributed by atoms with E-state index < -0.39 is 6.16 Å². The van der Waals surface area contributed by atoms with Crippen LogP contribution in [0.2, 0.25) is 0 Å². The molecule has 0 heterocycles. The van der Waals surface area contributed by atoms with Crippen LogP contribution >= 0.6 is 0 Å². The number of ketones is 2. The van der Waals surface area contributed by atoms with Crippen molar-refractivity contribution in [2.75, 3.05) is 6.61 Å². The number of rotatable bonds is 3. The highest BCUT2D eigenvalue weighted by atomic mass is 16.7. The molecule has 23 heavy (non-hydrogen) atoms. The lowest BCUT2D eigenvalue weighted by molar-refractivity contribution is 0.0977. The van der Waals surface area contributed by atoms with Crippen molar-refractivity contribution in [1.29, 1.82) is 0 Å². The third-order valence-corrected chi connectivity index (χ3v) is 3.42. The number of hydrogen-bond acceptors (Lipinski definition) is 5. The van der Waals surface area contributed by atoms with Crippen molar-refractivity contribution < 1.29 is 23.9 Å². The second-order valence-corrected chi connectivity index (χ2v) is 4.86. The van der Waals surface area contributed by atoms with Gasteiger partial charge in [0, 0.05) is 22.3 Å². The maximum absolute atomic E-state index is 12.5. The Hall–Kier alpha value is -3.21. The molecular weight excluding hydrogens is 296 g/mol. The molecule has 0 bridgehead atoms. The van der Waals surface area contributed by atoms with Crippen LogP contribution in [-0.2, 0) is 4.74 Å². The molecule has 114 valence electrons. The quantitative estimate of drug-likeness (QED) is 0.422. The zero-order valence-corrected chi connectivity index (χ0v) is 12.1. The number of ether oxygens (including phenoxy) is 2. The van der Waals surface area contributed by atoms with E-state index in [2.05, 4.69) is 6.58 Å². The van der Waals surface area contributed by atoms with E-state index in [1.807, 2.05) is 0 Å². The van der Waals surface area contributed by atoms with E-state index >= 15 is 0 Å². The normalized spacial score (nSPS) is 12.2. The molecule has 1 aliphatic rings. The zero-order valence-electron chi connectivity index (χ0n) is 12.1. The van der Waals surface area contributed by atoms with E-state index in [-0.39, 0.29) is 29.5 Å². The largest absolute Gasteiger partial charge is 0.514 e. The molecule has 5 nitrogen and oxygen atoms in total. The van der Waals surface area contributed by atoms with Crippen molar-refractivity contribution in [3.63, 3.8) is 0 Å². The first-order valence-electron chi connectivity index (χ1n) is 6.90. The highest BCUT2D eigenvalue weighted by Crippen LogP contribution is 2.29. The van der Waals surface area contributed by atoms with Gasteiger partial charge in [-0.2, -0.15) is 0 Å². The summed E-state index contributed by atoms with van der Waals surface area (Å²) >= 11 is 0. The van der Waals surface area contributed by atoms with Gasteiger partial charge in [0.05, 0.1) is 0 Å². The monoisotopic (exact) mass is 308 g/mol. The smallest absolute Gasteiger partial charge is 0.430 e. The molecule has 0 spiro atoms. The SMILES string of the molecule is C=CCOC(=O)Oc1ccc2c(c1)C(=O)c1ccccc1C2=O. The molecule has 0 atom stereocenters. The summed E-state index contributed by atoms with van der Waals surface area (Å²) in [5.41, 5.74) is 1.23. The Morgan fingerprint density at radius 3 is 2.22 bits per heavy atom. The summed E-state index contributed by atoms with van der Waals surface area (Å²) in [6.07, 6.45) is 0.507. The van der Waals surface area contributed by atoms with E-state index in [0.29, 0.717) is 16.7 Å². The van der Waals surface area contributed by atoms with Crippen LogP contribution in [0.4, 0.5) is 4.79 Å². The Labute approximate surface area is 132 Å². The highest BCUT2D eigenvalue weighted by molar-refractivity contribution is 6.28. The van der Waals surface area contributed by atoms with E-state index in [1.165, 1.54) is 24.3 Å². The molecule has 0 saturated heterocycles. The Morgan fingerprint density at radius 2 is 1.57 bits per heavy atom. The maximum atomic E-state index is 12.5. The first kappa shape index (κ1) is 14.7. The Bertz CT molecular complexity index is 835. The van der Waals surface area contributed by atoms with Crippen molar-refractivity contribution in [1.82, 2.24) is 0 Å². The Balaban J connectivity index is 1.94. The van der Waals surface area contributed by atoms with Crippen LogP contribution in [0, 0.1) is 0 Å². The summed E-state index contributed by atoms with van der Waals surface area (Å²) in [7, 11) is 0. The van der Waals surface area contributed by atoms with Crippen LogP contribution in [-0.4, -0.2) is 24.3 Å². The van der Waals surface area contributed by atoms with E-state index in [1.54, 1.807) is 24.3 Å². The third kappa shape index (κ3) is 2.64. The van der Waals surface area contributed by atoms with Gasteiger partial charge in [-0.15, -0.1) is 0 Å². The Morgan fingerprint density at radius 1 is 0.957 bits per heavy atom. The molecule has 0 fully saturated rings. The predicted molar refractivity (Wildman–Crippen MR) is 81.9 cm³/mol. The first-order valence-corrected chi connectivity index (χ1v) is 6.90. The van der Waals surface area contributed by atoms with E-state index in [9.17, 15) is 14.4 Å². The fourth-order valence-corrected chi connectivity index (χ4v) is 2.39. The van der Waals surface area contributed by atoms with Crippen LogP contribution < -0.4 is 4.74 Å². The van der Waals surface area contributed by atoms with Crippen LogP contribution in [0.1, 0.15) is 31.8 Å². The van der Waals surface area contributed by atoms with Gasteiger partial charge in [-0.25, -0.2) is 4.79 Å². The summed E-state index contributed by atoms with van der Waals surface area (Å²) in [6.45, 7) is 3.44. The van der Waals surface area contributed by atoms with Gasteiger partial charge in [0.1, 0.15) is 12.4 Å². The lowest BCUT2D eigenvalue weighted by atomic mass is 9.84. The standard InChI is InChI=1S/C18H12O5/c1-2-9-22-18(21)23-11-7-8-14-15(10-11)17(20)13-6-4-3-5-12(13)16(14)19/h2-8,10H,1,9H2. The van der Waals surface area contributed by atoms with Crippen molar-refractivity contribution in [2.24, 2.45) is 0 Å². The topological polar surface area (TPSA) is 69.7 Å². The van der Waals surface area contributed by atoms with Crippen molar-refractivity contribution in [2.45, 2.75) is 0 Å². The zero-order chi connectivity index (χ0) is 16.4. The molecular formula is C18H12O5. The molecule has 0 N–H and O–H groups in total. The number of benzene rings is 2. The van der Waals surface area contributed by atoms with Crippen LogP contribution in [0.3, 0.4) is 0 Å².